The van der Waals surface area contributed by atoms with E-state index in [0.717, 1.165) is 11.0 Å². The molecule has 8 nitrogen and oxygen atoms in total. The van der Waals surface area contributed by atoms with Gasteiger partial charge in [-0.25, -0.2) is 4.98 Å². The lowest BCUT2D eigenvalue weighted by Crippen LogP contribution is -2.37. The Kier molecular flexibility index (Phi) is 3.33. The number of hydrogen-bond donors (Lipinski definition) is 0. The van der Waals surface area contributed by atoms with Crippen molar-refractivity contribution >= 4 is 17.0 Å². The number of imidazole rings is 1. The molecule has 0 spiro atoms. The van der Waals surface area contributed by atoms with E-state index >= 15 is 0 Å². The van der Waals surface area contributed by atoms with Crippen LogP contribution in [-0.2, 0) is 4.74 Å². The summed E-state index contributed by atoms with van der Waals surface area (Å²) >= 11 is 0. The van der Waals surface area contributed by atoms with Crippen molar-refractivity contribution < 1.29 is 4.74 Å². The van der Waals surface area contributed by atoms with Gasteiger partial charge >= 0.3 is 0 Å². The summed E-state index contributed by atoms with van der Waals surface area (Å²) in [6.07, 6.45) is 1.66. The largest absolute Gasteiger partial charge is 0.378 e. The van der Waals surface area contributed by atoms with Gasteiger partial charge in [-0.3, -0.25) is 4.57 Å². The van der Waals surface area contributed by atoms with Crippen molar-refractivity contribution in [3.63, 3.8) is 0 Å². The van der Waals surface area contributed by atoms with E-state index in [1.807, 2.05) is 35.2 Å². The van der Waals surface area contributed by atoms with Crippen LogP contribution < -0.4 is 4.90 Å². The lowest BCUT2D eigenvalue weighted by atomic mass is 10.3. The van der Waals surface area contributed by atoms with Gasteiger partial charge in [0.15, 0.2) is 0 Å². The van der Waals surface area contributed by atoms with Gasteiger partial charge in [-0.2, -0.15) is 20.2 Å². The second kappa shape index (κ2) is 5.62. The van der Waals surface area contributed by atoms with Crippen LogP contribution in [0.15, 0.2) is 30.6 Å². The molecule has 4 rings (SSSR count). The van der Waals surface area contributed by atoms with Crippen LogP contribution in [0, 0.1) is 11.3 Å². The lowest BCUT2D eigenvalue weighted by molar-refractivity contribution is 0.122. The van der Waals surface area contributed by atoms with E-state index in [1.165, 1.54) is 0 Å². The molecule has 1 saturated heterocycles. The highest BCUT2D eigenvalue weighted by atomic mass is 16.5. The number of rotatable bonds is 2. The number of aromatic nitrogens is 5. The third kappa shape index (κ3) is 2.47. The molecular weight excluding hydrogens is 294 g/mol. The molecule has 0 unspecified atom stereocenters. The van der Waals surface area contributed by atoms with Crippen molar-refractivity contribution in [2.45, 2.75) is 0 Å². The van der Waals surface area contributed by atoms with Crippen LogP contribution in [0.4, 0.5) is 5.95 Å². The zero-order valence-electron chi connectivity index (χ0n) is 12.3. The van der Waals surface area contributed by atoms with Gasteiger partial charge in [0.05, 0.1) is 24.2 Å². The number of morpholine rings is 1. The fourth-order valence-corrected chi connectivity index (χ4v) is 2.53. The number of ether oxygens (including phenoxy) is 1. The van der Waals surface area contributed by atoms with Crippen LogP contribution in [0.25, 0.3) is 17.0 Å². The second-order valence-electron chi connectivity index (χ2n) is 5.07. The number of hydrogen-bond acceptors (Lipinski definition) is 7. The Bertz CT molecular complexity index is 892. The number of para-hydroxylation sites is 2. The minimum absolute atomic E-state index is 0.0919. The highest BCUT2D eigenvalue weighted by Crippen LogP contribution is 2.17. The van der Waals surface area contributed by atoms with Gasteiger partial charge in [0.1, 0.15) is 12.4 Å². The molecule has 1 fully saturated rings. The summed E-state index contributed by atoms with van der Waals surface area (Å²) in [6.45, 7) is 2.63. The van der Waals surface area contributed by atoms with Gasteiger partial charge in [0.25, 0.3) is 0 Å². The summed E-state index contributed by atoms with van der Waals surface area (Å²) < 4.78 is 7.11. The molecule has 0 atom stereocenters. The van der Waals surface area contributed by atoms with E-state index in [0.29, 0.717) is 38.2 Å². The molecule has 3 aromatic rings. The highest BCUT2D eigenvalue weighted by Gasteiger charge is 2.17. The number of nitriles is 1. The highest BCUT2D eigenvalue weighted by molar-refractivity contribution is 5.76. The molecule has 1 aliphatic rings. The Balaban J connectivity index is 1.83. The van der Waals surface area contributed by atoms with E-state index < -0.39 is 0 Å². The first-order valence-corrected chi connectivity index (χ1v) is 7.26. The van der Waals surface area contributed by atoms with Gasteiger partial charge in [0.2, 0.25) is 17.7 Å². The average Bonchev–Trinajstić information content (AvgIpc) is 3.06. The minimum atomic E-state index is 0.0919. The molecule has 0 radical (unpaired) electrons. The Hall–Kier alpha value is -3.05. The van der Waals surface area contributed by atoms with Crippen molar-refractivity contribution in [2.75, 3.05) is 31.2 Å². The maximum Gasteiger partial charge on any atom is 0.241 e. The number of nitrogens with zero attached hydrogens (tertiary/aromatic N) is 7. The molecule has 3 heterocycles. The molecule has 0 amide bonds. The fraction of sp³-hybridized carbons (Fsp3) is 0.267. The van der Waals surface area contributed by atoms with E-state index in [2.05, 4.69) is 19.9 Å². The zero-order valence-corrected chi connectivity index (χ0v) is 12.3. The van der Waals surface area contributed by atoms with Gasteiger partial charge in [0, 0.05) is 13.1 Å². The third-order valence-corrected chi connectivity index (χ3v) is 3.67. The van der Waals surface area contributed by atoms with Crippen LogP contribution in [0.1, 0.15) is 5.82 Å². The summed E-state index contributed by atoms with van der Waals surface area (Å²) in [7, 11) is 0. The fourth-order valence-electron chi connectivity index (χ4n) is 2.53. The molecular formula is C15H13N7O. The second-order valence-corrected chi connectivity index (χ2v) is 5.07. The topological polar surface area (TPSA) is 92.8 Å². The Morgan fingerprint density at radius 2 is 1.83 bits per heavy atom. The molecule has 8 heteroatoms. The van der Waals surface area contributed by atoms with Gasteiger partial charge in [-0.1, -0.05) is 12.1 Å². The van der Waals surface area contributed by atoms with Crippen LogP contribution in [0.2, 0.25) is 0 Å². The lowest BCUT2D eigenvalue weighted by Gasteiger charge is -2.26. The third-order valence-electron chi connectivity index (χ3n) is 3.67. The van der Waals surface area contributed by atoms with Crippen molar-refractivity contribution in [1.82, 2.24) is 24.5 Å². The molecule has 23 heavy (non-hydrogen) atoms. The number of benzene rings is 1. The predicted octanol–water partition coefficient (Wildman–Crippen LogP) is 0.919. The monoisotopic (exact) mass is 307 g/mol. The van der Waals surface area contributed by atoms with Crippen LogP contribution in [0.5, 0.6) is 0 Å². The van der Waals surface area contributed by atoms with E-state index in [-0.39, 0.29) is 5.82 Å². The number of anilines is 1. The molecule has 1 aliphatic heterocycles. The molecule has 0 saturated carbocycles. The first-order chi connectivity index (χ1) is 11.3. The Morgan fingerprint density at radius 1 is 1.04 bits per heavy atom. The summed E-state index contributed by atoms with van der Waals surface area (Å²) in [5, 5.41) is 9.22. The molecule has 0 N–H and O–H groups in total. The molecule has 1 aromatic carbocycles. The summed E-state index contributed by atoms with van der Waals surface area (Å²) in [6, 6.07) is 9.71. The maximum absolute atomic E-state index is 9.22. The minimum Gasteiger partial charge on any atom is -0.378 e. The standard InChI is InChI=1S/C15H13N7O/c16-9-13-18-14(21-5-7-23-8-6-21)20-15(19-13)22-10-17-11-3-1-2-4-12(11)22/h1-4,10H,5-8H2. The van der Waals surface area contributed by atoms with E-state index in [4.69, 9.17) is 4.74 Å². The van der Waals surface area contributed by atoms with Crippen molar-refractivity contribution in [3.8, 4) is 12.0 Å². The summed E-state index contributed by atoms with van der Waals surface area (Å²) in [5.74, 6) is 0.980. The first-order valence-electron chi connectivity index (χ1n) is 7.26. The van der Waals surface area contributed by atoms with Crippen molar-refractivity contribution in [3.05, 3.63) is 36.4 Å². The Morgan fingerprint density at radius 3 is 2.65 bits per heavy atom. The average molecular weight is 307 g/mol. The maximum atomic E-state index is 9.22. The zero-order chi connectivity index (χ0) is 15.6. The van der Waals surface area contributed by atoms with Crippen LogP contribution in [-0.4, -0.2) is 50.8 Å². The summed E-state index contributed by atoms with van der Waals surface area (Å²) in [5.41, 5.74) is 1.73. The Labute approximate surface area is 132 Å². The smallest absolute Gasteiger partial charge is 0.241 e. The normalized spacial score (nSPS) is 14.8. The SMILES string of the molecule is N#Cc1nc(N2CCOCC2)nc(-n2cnc3ccccc32)n1. The van der Waals surface area contributed by atoms with Gasteiger partial charge in [-0.05, 0) is 12.1 Å². The molecule has 0 bridgehead atoms. The van der Waals surface area contributed by atoms with Crippen molar-refractivity contribution in [2.24, 2.45) is 0 Å². The quantitative estimate of drug-likeness (QED) is 0.695. The predicted molar refractivity (Wildman–Crippen MR) is 82.2 cm³/mol. The van der Waals surface area contributed by atoms with E-state index in [9.17, 15) is 5.26 Å². The molecule has 114 valence electrons. The first kappa shape index (κ1) is 13.6. The van der Waals surface area contributed by atoms with E-state index in [1.54, 1.807) is 10.9 Å². The van der Waals surface area contributed by atoms with Crippen molar-refractivity contribution in [1.29, 1.82) is 5.26 Å². The van der Waals surface area contributed by atoms with Crippen LogP contribution in [0.3, 0.4) is 0 Å². The molecule has 0 aliphatic carbocycles. The van der Waals surface area contributed by atoms with Gasteiger partial charge < -0.3 is 9.64 Å². The van der Waals surface area contributed by atoms with Gasteiger partial charge in [-0.15, -0.1) is 0 Å². The summed E-state index contributed by atoms with van der Waals surface area (Å²) in [4.78, 5) is 19.3. The molecule has 2 aromatic heterocycles. The van der Waals surface area contributed by atoms with Crippen LogP contribution >= 0.6 is 0 Å². The number of fused-ring (bicyclic) bond motifs is 1.